The fourth-order valence-electron chi connectivity index (χ4n) is 9.43. The summed E-state index contributed by atoms with van der Waals surface area (Å²) in [7, 11) is 9.22. The molecule has 18 heteroatoms. The molecule has 4 aliphatic rings. The molecule has 2 fully saturated rings. The van der Waals surface area contributed by atoms with Gasteiger partial charge in [-0.1, -0.05) is 0 Å². The number of hydrogen-bond donors (Lipinski definition) is 0. The summed E-state index contributed by atoms with van der Waals surface area (Å²) in [5, 5.41) is 0. The molecular weight excluding hydrogens is 853 g/mol. The molecule has 66 heavy (non-hydrogen) atoms. The van der Waals surface area contributed by atoms with Crippen molar-refractivity contribution in [2.75, 3.05) is 55.9 Å². The molecule has 2 aliphatic carbocycles. The molecular formula is C48H54N6O12. The fraction of sp³-hybridized carbons (Fsp3) is 0.458. The lowest BCUT2D eigenvalue weighted by atomic mass is 9.74. The van der Waals surface area contributed by atoms with Gasteiger partial charge in [-0.2, -0.15) is 9.97 Å². The second-order valence-corrected chi connectivity index (χ2v) is 16.0. The maximum Gasteiger partial charge on any atom is 0.331 e. The van der Waals surface area contributed by atoms with Crippen LogP contribution in [0.1, 0.15) is 97.6 Å². The number of aromatic nitrogens is 4. The van der Waals surface area contributed by atoms with Crippen molar-refractivity contribution < 1.29 is 57.0 Å². The minimum absolute atomic E-state index is 0.114. The highest BCUT2D eigenvalue weighted by Gasteiger charge is 2.41. The average Bonchev–Trinajstić information content (AvgIpc) is 3.34. The van der Waals surface area contributed by atoms with Crippen molar-refractivity contribution in [1.82, 2.24) is 19.9 Å². The summed E-state index contributed by atoms with van der Waals surface area (Å²) < 4.78 is 57.2. The second-order valence-electron chi connectivity index (χ2n) is 16.0. The number of esters is 2. The van der Waals surface area contributed by atoms with Crippen molar-refractivity contribution in [1.29, 1.82) is 0 Å². The second kappa shape index (κ2) is 20.0. The van der Waals surface area contributed by atoms with Gasteiger partial charge in [0, 0.05) is 47.5 Å². The van der Waals surface area contributed by atoms with E-state index in [0.717, 1.165) is 34.4 Å². The summed E-state index contributed by atoms with van der Waals surface area (Å²) in [5.41, 5.74) is 6.05. The van der Waals surface area contributed by atoms with E-state index in [-0.39, 0.29) is 35.9 Å². The lowest BCUT2D eigenvalue weighted by Crippen LogP contribution is -2.36. The zero-order chi connectivity index (χ0) is 46.5. The van der Waals surface area contributed by atoms with E-state index in [1.807, 2.05) is 38.1 Å². The minimum Gasteiger partial charge on any atom is -0.493 e. The monoisotopic (exact) mass is 906 g/mol. The maximum atomic E-state index is 13.3. The summed E-state index contributed by atoms with van der Waals surface area (Å²) in [4.78, 5) is 54.6. The van der Waals surface area contributed by atoms with Crippen LogP contribution in [0.3, 0.4) is 0 Å². The Labute approximate surface area is 382 Å². The van der Waals surface area contributed by atoms with Gasteiger partial charge in [0.25, 0.3) is 0 Å². The van der Waals surface area contributed by atoms with E-state index in [1.54, 1.807) is 26.6 Å². The molecule has 0 N–H and O–H groups in total. The molecule has 2 aromatic carbocycles. The van der Waals surface area contributed by atoms with Crippen LogP contribution in [0.4, 0.5) is 0 Å². The fourth-order valence-corrected chi connectivity index (χ4v) is 9.43. The third-order valence-electron chi connectivity index (χ3n) is 12.3. The summed E-state index contributed by atoms with van der Waals surface area (Å²) in [6.07, 6.45) is 8.06. The number of nitrogens with zero attached hydrogens (tertiary/aromatic N) is 6. The Kier molecular flexibility index (Phi) is 13.8. The topological polar surface area (TPSA) is 203 Å². The molecule has 0 bridgehead atoms. The summed E-state index contributed by atoms with van der Waals surface area (Å²) in [6.45, 7) is 4.70. The van der Waals surface area contributed by atoms with Crippen LogP contribution >= 0.6 is 0 Å². The van der Waals surface area contributed by atoms with E-state index >= 15 is 0 Å². The average molecular weight is 907 g/mol. The molecule has 2 saturated carbocycles. The molecule has 4 heterocycles. The number of benzene rings is 2. The third kappa shape index (κ3) is 9.13. The van der Waals surface area contributed by atoms with Crippen LogP contribution in [0.25, 0.3) is 0 Å². The van der Waals surface area contributed by atoms with Crippen LogP contribution in [0.15, 0.2) is 58.8 Å². The first-order valence-corrected chi connectivity index (χ1v) is 22.0. The van der Waals surface area contributed by atoms with Gasteiger partial charge in [0.1, 0.15) is 12.2 Å². The van der Waals surface area contributed by atoms with Gasteiger partial charge in [-0.25, -0.2) is 19.6 Å². The highest BCUT2D eigenvalue weighted by molar-refractivity contribution is 6.17. The van der Waals surface area contributed by atoms with E-state index in [2.05, 4.69) is 19.9 Å². The van der Waals surface area contributed by atoms with Crippen molar-refractivity contribution in [3.8, 4) is 46.8 Å². The number of ether oxygens (including phenoxy) is 10. The number of methoxy groups -OCH3 is 6. The van der Waals surface area contributed by atoms with Crippen LogP contribution in [-0.4, -0.2) is 123 Å². The number of fused-ring (bicyclic) bond motifs is 6. The Morgan fingerprint density at radius 1 is 0.545 bits per heavy atom. The Hall–Kier alpha value is -6.98. The highest BCUT2D eigenvalue weighted by atomic mass is 16.6. The van der Waals surface area contributed by atoms with Crippen LogP contribution in [0, 0.1) is 0 Å². The van der Waals surface area contributed by atoms with Gasteiger partial charge in [-0.3, -0.25) is 9.98 Å². The van der Waals surface area contributed by atoms with E-state index in [0.29, 0.717) is 109 Å². The van der Waals surface area contributed by atoms with Crippen LogP contribution in [-0.2, 0) is 19.1 Å². The minimum atomic E-state index is -0.636. The van der Waals surface area contributed by atoms with Crippen molar-refractivity contribution in [2.24, 2.45) is 9.98 Å². The van der Waals surface area contributed by atoms with E-state index < -0.39 is 24.1 Å². The van der Waals surface area contributed by atoms with Gasteiger partial charge < -0.3 is 47.4 Å². The molecule has 4 aromatic rings. The van der Waals surface area contributed by atoms with E-state index in [1.165, 1.54) is 28.4 Å². The van der Waals surface area contributed by atoms with Gasteiger partial charge in [0.2, 0.25) is 11.8 Å². The van der Waals surface area contributed by atoms with Gasteiger partial charge in [0.05, 0.1) is 90.5 Å². The lowest BCUT2D eigenvalue weighted by molar-refractivity contribution is -0.147. The lowest BCUT2D eigenvalue weighted by Gasteiger charge is -2.38. The Morgan fingerprint density at radius 2 is 0.970 bits per heavy atom. The molecule has 6 atom stereocenters. The Balaban J connectivity index is 0.961. The Morgan fingerprint density at radius 3 is 1.33 bits per heavy atom. The number of carbonyl (C=O) groups is 2. The zero-order valence-corrected chi connectivity index (χ0v) is 38.3. The van der Waals surface area contributed by atoms with Crippen molar-refractivity contribution in [3.63, 3.8) is 0 Å². The summed E-state index contributed by atoms with van der Waals surface area (Å²) >= 11 is 0. The zero-order valence-electron chi connectivity index (χ0n) is 38.3. The molecule has 0 saturated heterocycles. The van der Waals surface area contributed by atoms with E-state index in [4.69, 9.17) is 57.4 Å². The molecule has 2 aromatic heterocycles. The normalized spacial score (nSPS) is 21.6. The largest absolute Gasteiger partial charge is 0.493 e. The van der Waals surface area contributed by atoms with Crippen molar-refractivity contribution >= 4 is 23.4 Å². The van der Waals surface area contributed by atoms with Crippen LogP contribution in [0.5, 0.6) is 46.8 Å². The summed E-state index contributed by atoms with van der Waals surface area (Å²) in [6, 6.07) is 7.82. The number of carbonyl (C=O) groups excluding carboxylic acids is 2. The molecule has 0 amide bonds. The third-order valence-corrected chi connectivity index (χ3v) is 12.3. The van der Waals surface area contributed by atoms with Crippen molar-refractivity contribution in [2.45, 2.75) is 88.5 Å². The SMILES string of the molecule is CCOc1cc2c(cc1OC)C(c1cnc(OC)nc1OC)=N[C@@H]1CC[C@@H](OC(=O)/C=C/C(=O)O[C@@H]3CC[C@H]4N=C(c5cnc(OC)nc5OC)c5cc(OC)c(OCC)cc5[C@H]4C3)C[C@H]21. The van der Waals surface area contributed by atoms with Crippen molar-refractivity contribution in [3.05, 3.63) is 82.2 Å². The van der Waals surface area contributed by atoms with Crippen LogP contribution < -0.4 is 37.9 Å². The van der Waals surface area contributed by atoms with Crippen LogP contribution in [0.2, 0.25) is 0 Å². The molecule has 18 nitrogen and oxygen atoms in total. The molecule has 2 aliphatic heterocycles. The number of aliphatic imine (C=N–C) groups is 2. The molecule has 0 spiro atoms. The number of hydrogen-bond acceptors (Lipinski definition) is 18. The van der Waals surface area contributed by atoms with Gasteiger partial charge in [0.15, 0.2) is 23.0 Å². The number of rotatable bonds is 16. The van der Waals surface area contributed by atoms with Gasteiger partial charge in [-0.05, 0) is 87.8 Å². The molecule has 0 unspecified atom stereocenters. The first-order chi connectivity index (χ1) is 32.1. The maximum absolute atomic E-state index is 13.3. The smallest absolute Gasteiger partial charge is 0.331 e. The first kappa shape index (κ1) is 45.6. The molecule has 8 rings (SSSR count). The molecule has 348 valence electrons. The highest BCUT2D eigenvalue weighted by Crippen LogP contribution is 2.48. The first-order valence-electron chi connectivity index (χ1n) is 22.0. The van der Waals surface area contributed by atoms with Gasteiger partial charge >= 0.3 is 24.0 Å². The predicted octanol–water partition coefficient (Wildman–Crippen LogP) is 6.17. The van der Waals surface area contributed by atoms with E-state index in [9.17, 15) is 9.59 Å². The Bertz CT molecular complexity index is 2390. The predicted molar refractivity (Wildman–Crippen MR) is 240 cm³/mol. The summed E-state index contributed by atoms with van der Waals surface area (Å²) in [5.74, 6) is 1.42. The standard InChI is InChI=1S/C48H54N6O12/c1-9-63-39-19-27-29-17-25(11-13-35(29)51-43(31(27)21-37(39)57-3)33-23-49-47(61-7)53-45(33)59-5)65-41(55)15-16-42(56)66-26-12-14-36-30(18-26)28-20-40(64-10-2)38(58-4)22-32(28)44(52-36)34-24-50-48(62-8)54-46(34)60-6/h15-16,19-26,29-30,35-36H,9-14,17-18H2,1-8H3/b16-15+/t25-,26-,29-,30-,35-,36-/m1/s1. The van der Waals surface area contributed by atoms with Gasteiger partial charge in [-0.15, -0.1) is 0 Å². The quantitative estimate of drug-likeness (QED) is 0.0911. The molecule has 0 radical (unpaired) electrons.